The highest BCUT2D eigenvalue weighted by atomic mass is 19.4. The molecule has 0 radical (unpaired) electrons. The Balaban J connectivity index is 1.86. The first-order valence-electron chi connectivity index (χ1n) is 7.63. The number of methoxy groups -OCH3 is 1. The molecule has 1 aromatic rings. The van der Waals surface area contributed by atoms with Crippen molar-refractivity contribution in [2.24, 2.45) is 5.41 Å². The molecule has 0 atom stereocenters. The fourth-order valence-corrected chi connectivity index (χ4v) is 3.48. The molecule has 1 amide bonds. The molecule has 5 nitrogen and oxygen atoms in total. The van der Waals surface area contributed by atoms with Crippen LogP contribution in [0, 0.1) is 5.41 Å². The van der Waals surface area contributed by atoms with Gasteiger partial charge in [0.05, 0.1) is 12.8 Å². The molecule has 1 saturated carbocycles. The predicted molar refractivity (Wildman–Crippen MR) is 74.7 cm³/mol. The molecule has 8 heteroatoms. The van der Waals surface area contributed by atoms with Gasteiger partial charge in [0, 0.05) is 31.1 Å². The van der Waals surface area contributed by atoms with Gasteiger partial charge in [-0.2, -0.15) is 18.3 Å². The summed E-state index contributed by atoms with van der Waals surface area (Å²) in [5, 5.41) is 7.87. The highest BCUT2D eigenvalue weighted by Gasteiger charge is 2.62. The minimum atomic E-state index is -4.50. The van der Waals surface area contributed by atoms with Crippen molar-refractivity contribution in [3.63, 3.8) is 0 Å². The summed E-state index contributed by atoms with van der Waals surface area (Å²) in [4.78, 5) is 14.0. The van der Waals surface area contributed by atoms with E-state index in [1.54, 1.807) is 6.07 Å². The summed E-state index contributed by atoms with van der Waals surface area (Å²) >= 11 is 0. The van der Waals surface area contributed by atoms with Gasteiger partial charge in [-0.15, -0.1) is 5.10 Å². The van der Waals surface area contributed by atoms with Crippen molar-refractivity contribution < 1.29 is 22.7 Å². The maximum atomic E-state index is 13.5. The number of rotatable bonds is 2. The number of alkyl halides is 3. The average Bonchev–Trinajstić information content (AvgIpc) is 3.04. The van der Waals surface area contributed by atoms with Crippen LogP contribution < -0.4 is 4.74 Å². The molecule has 0 saturated heterocycles. The lowest BCUT2D eigenvalue weighted by Gasteiger charge is -2.37. The van der Waals surface area contributed by atoms with Gasteiger partial charge in [-0.25, -0.2) is 0 Å². The van der Waals surface area contributed by atoms with Crippen LogP contribution in [0.5, 0.6) is 5.88 Å². The lowest BCUT2D eigenvalue weighted by molar-refractivity contribution is -0.226. The summed E-state index contributed by atoms with van der Waals surface area (Å²) in [6.07, 6.45) is -3.45. The molecule has 0 N–H and O–H groups in total. The highest BCUT2D eigenvalue weighted by molar-refractivity contribution is 5.84. The molecule has 1 aliphatic heterocycles. The quantitative estimate of drug-likeness (QED) is 0.836. The molecule has 1 aromatic heterocycles. The summed E-state index contributed by atoms with van der Waals surface area (Å²) in [7, 11) is 1.44. The maximum Gasteiger partial charge on any atom is 0.403 e. The molecule has 0 aromatic carbocycles. The van der Waals surface area contributed by atoms with Crippen molar-refractivity contribution >= 4 is 5.91 Å². The first kappa shape index (κ1) is 16.0. The fourth-order valence-electron chi connectivity index (χ4n) is 3.48. The Morgan fingerprint density at radius 1 is 1.30 bits per heavy atom. The van der Waals surface area contributed by atoms with E-state index in [9.17, 15) is 18.0 Å². The van der Waals surface area contributed by atoms with E-state index in [2.05, 4.69) is 10.2 Å². The largest absolute Gasteiger partial charge is 0.480 e. The molecule has 1 aliphatic carbocycles. The number of halogens is 3. The van der Waals surface area contributed by atoms with Crippen LogP contribution in [0.2, 0.25) is 0 Å². The van der Waals surface area contributed by atoms with Crippen molar-refractivity contribution in [3.8, 4) is 5.88 Å². The normalized spacial score (nSPS) is 20.3. The van der Waals surface area contributed by atoms with Crippen LogP contribution in [-0.4, -0.2) is 40.8 Å². The molecule has 126 valence electrons. The minimum Gasteiger partial charge on any atom is -0.480 e. The van der Waals surface area contributed by atoms with Gasteiger partial charge in [-0.1, -0.05) is 12.8 Å². The van der Waals surface area contributed by atoms with E-state index in [1.165, 1.54) is 12.0 Å². The van der Waals surface area contributed by atoms with Crippen molar-refractivity contribution in [1.82, 2.24) is 15.1 Å². The second kappa shape index (κ2) is 5.65. The predicted octanol–water partition coefficient (Wildman–Crippen LogP) is 2.49. The van der Waals surface area contributed by atoms with Crippen molar-refractivity contribution in [1.29, 1.82) is 0 Å². The van der Waals surface area contributed by atoms with Crippen LogP contribution in [-0.2, 0) is 17.8 Å². The zero-order chi connectivity index (χ0) is 16.7. The van der Waals surface area contributed by atoms with Gasteiger partial charge in [0.15, 0.2) is 0 Å². The summed E-state index contributed by atoms with van der Waals surface area (Å²) in [6.45, 7) is 0.364. The molecule has 3 rings (SSSR count). The Hall–Kier alpha value is -1.86. The van der Waals surface area contributed by atoms with Crippen LogP contribution in [0.3, 0.4) is 0 Å². The number of ether oxygens (including phenoxy) is 1. The second-order valence-corrected chi connectivity index (χ2v) is 6.12. The van der Waals surface area contributed by atoms with E-state index >= 15 is 0 Å². The van der Waals surface area contributed by atoms with Gasteiger partial charge in [-0.05, 0) is 12.8 Å². The standard InChI is InChI=1S/C15H18F3N3O2/c1-23-12-8-10-9-21(7-4-11(10)19-20-12)13(22)14(15(16,17)18)5-2-3-6-14/h8H,2-7,9H2,1H3. The number of carbonyl (C=O) groups excluding carboxylic acids is 1. The first-order valence-corrected chi connectivity index (χ1v) is 7.63. The molecule has 2 heterocycles. The Morgan fingerprint density at radius 2 is 2.00 bits per heavy atom. The molecule has 0 spiro atoms. The number of fused-ring (bicyclic) bond motifs is 1. The zero-order valence-corrected chi connectivity index (χ0v) is 12.8. The number of nitrogens with zero attached hydrogens (tertiary/aromatic N) is 3. The number of hydrogen-bond acceptors (Lipinski definition) is 4. The van der Waals surface area contributed by atoms with Crippen molar-refractivity contribution in [2.75, 3.05) is 13.7 Å². The van der Waals surface area contributed by atoms with E-state index in [0.29, 0.717) is 36.4 Å². The van der Waals surface area contributed by atoms with E-state index in [0.717, 1.165) is 0 Å². The van der Waals surface area contributed by atoms with Crippen molar-refractivity contribution in [3.05, 3.63) is 17.3 Å². The summed E-state index contributed by atoms with van der Waals surface area (Å²) in [6, 6.07) is 1.64. The molecular formula is C15H18F3N3O2. The highest BCUT2D eigenvalue weighted by Crippen LogP contribution is 2.51. The molecular weight excluding hydrogens is 311 g/mol. The Bertz CT molecular complexity index is 612. The van der Waals surface area contributed by atoms with Gasteiger partial charge >= 0.3 is 6.18 Å². The Kier molecular flexibility index (Phi) is 3.93. The summed E-state index contributed by atoms with van der Waals surface area (Å²) < 4.78 is 45.6. The topological polar surface area (TPSA) is 55.3 Å². The molecule has 0 unspecified atom stereocenters. The number of carbonyl (C=O) groups is 1. The third-order valence-corrected chi connectivity index (χ3v) is 4.82. The molecule has 2 aliphatic rings. The Morgan fingerprint density at radius 3 is 2.61 bits per heavy atom. The lowest BCUT2D eigenvalue weighted by atomic mass is 9.83. The van der Waals surface area contributed by atoms with Crippen molar-refractivity contribution in [2.45, 2.75) is 44.8 Å². The third-order valence-electron chi connectivity index (χ3n) is 4.82. The van der Waals surface area contributed by atoms with Gasteiger partial charge in [0.2, 0.25) is 11.8 Å². The zero-order valence-electron chi connectivity index (χ0n) is 12.8. The smallest absolute Gasteiger partial charge is 0.403 e. The number of hydrogen-bond donors (Lipinski definition) is 0. The fraction of sp³-hybridized carbons (Fsp3) is 0.667. The van der Waals surface area contributed by atoms with Gasteiger partial charge < -0.3 is 9.64 Å². The van der Waals surface area contributed by atoms with Crippen LogP contribution in [0.4, 0.5) is 13.2 Å². The van der Waals surface area contributed by atoms with Gasteiger partial charge in [0.25, 0.3) is 0 Å². The lowest BCUT2D eigenvalue weighted by Crippen LogP contribution is -2.52. The van der Waals surface area contributed by atoms with E-state index < -0.39 is 17.5 Å². The summed E-state index contributed by atoms with van der Waals surface area (Å²) in [5.74, 6) is -0.506. The maximum absolute atomic E-state index is 13.5. The molecule has 23 heavy (non-hydrogen) atoms. The van der Waals surface area contributed by atoms with E-state index in [4.69, 9.17) is 4.74 Å². The van der Waals surface area contributed by atoms with Crippen LogP contribution in [0.15, 0.2) is 6.07 Å². The number of amides is 1. The van der Waals surface area contributed by atoms with E-state index in [-0.39, 0.29) is 25.9 Å². The van der Waals surface area contributed by atoms with Gasteiger partial charge in [0.1, 0.15) is 5.41 Å². The first-order chi connectivity index (χ1) is 10.9. The number of aromatic nitrogens is 2. The molecule has 0 bridgehead atoms. The van der Waals surface area contributed by atoms with E-state index in [1.807, 2.05) is 0 Å². The molecule has 1 fully saturated rings. The van der Waals surface area contributed by atoms with Crippen LogP contribution in [0.1, 0.15) is 36.9 Å². The third kappa shape index (κ3) is 2.64. The summed E-state index contributed by atoms with van der Waals surface area (Å²) in [5.41, 5.74) is -0.802. The van der Waals surface area contributed by atoms with Crippen LogP contribution >= 0.6 is 0 Å². The second-order valence-electron chi connectivity index (χ2n) is 6.12. The average molecular weight is 329 g/mol. The Labute approximate surface area is 131 Å². The monoisotopic (exact) mass is 329 g/mol. The van der Waals surface area contributed by atoms with Crippen LogP contribution in [0.25, 0.3) is 0 Å². The SMILES string of the molecule is COc1cc2c(nn1)CCN(C(=O)C1(C(F)(F)F)CCCC1)C2. The minimum absolute atomic E-state index is 0.114. The van der Waals surface area contributed by atoms with Gasteiger partial charge in [-0.3, -0.25) is 4.79 Å².